The fraction of sp³-hybridized carbons (Fsp3) is 0.0370. The summed E-state index contributed by atoms with van der Waals surface area (Å²) >= 11 is 0. The van der Waals surface area contributed by atoms with E-state index in [1.54, 1.807) is 54.9 Å². The molecule has 0 aliphatic rings. The highest BCUT2D eigenvalue weighted by molar-refractivity contribution is 5.73. The van der Waals surface area contributed by atoms with Crippen LogP contribution in [0, 0.1) is 17.5 Å². The van der Waals surface area contributed by atoms with Gasteiger partial charge in [-0.15, -0.1) is 0 Å². The Morgan fingerprint density at radius 1 is 0.758 bits per heavy atom. The molecular formula is C27H19F3N2O. The zero-order valence-electron chi connectivity index (χ0n) is 17.6. The zero-order valence-corrected chi connectivity index (χ0v) is 17.6. The van der Waals surface area contributed by atoms with E-state index in [1.807, 2.05) is 0 Å². The summed E-state index contributed by atoms with van der Waals surface area (Å²) in [6.07, 6.45) is 6.20. The van der Waals surface area contributed by atoms with Crippen molar-refractivity contribution in [2.75, 3.05) is 6.61 Å². The van der Waals surface area contributed by atoms with Crippen LogP contribution in [-0.2, 0) is 0 Å². The van der Waals surface area contributed by atoms with Crippen LogP contribution in [0.5, 0.6) is 5.75 Å². The van der Waals surface area contributed by atoms with Crippen LogP contribution < -0.4 is 4.74 Å². The van der Waals surface area contributed by atoms with E-state index < -0.39 is 17.5 Å². The average molecular weight is 444 g/mol. The van der Waals surface area contributed by atoms with Gasteiger partial charge in [0, 0.05) is 23.5 Å². The molecule has 0 atom stereocenters. The van der Waals surface area contributed by atoms with E-state index in [9.17, 15) is 13.2 Å². The summed E-state index contributed by atoms with van der Waals surface area (Å²) in [5.41, 5.74) is 2.96. The van der Waals surface area contributed by atoms with Crippen molar-refractivity contribution in [1.82, 2.24) is 9.97 Å². The van der Waals surface area contributed by atoms with Crippen molar-refractivity contribution < 1.29 is 17.9 Å². The summed E-state index contributed by atoms with van der Waals surface area (Å²) in [6, 6.07) is 14.3. The number of hydrogen-bond acceptors (Lipinski definition) is 3. The van der Waals surface area contributed by atoms with E-state index in [1.165, 1.54) is 24.3 Å². The number of benzene rings is 3. The molecule has 0 bridgehead atoms. The Morgan fingerprint density at radius 2 is 1.39 bits per heavy atom. The van der Waals surface area contributed by atoms with Crippen molar-refractivity contribution in [3.63, 3.8) is 0 Å². The molecular weight excluding hydrogens is 425 g/mol. The van der Waals surface area contributed by atoms with Crippen LogP contribution in [0.1, 0.15) is 5.56 Å². The Bertz CT molecular complexity index is 1320. The Hall–Kier alpha value is -4.19. The molecule has 33 heavy (non-hydrogen) atoms. The first-order valence-corrected chi connectivity index (χ1v) is 10.1. The second-order valence-electron chi connectivity index (χ2n) is 7.16. The van der Waals surface area contributed by atoms with E-state index in [-0.39, 0.29) is 29.3 Å². The predicted octanol–water partition coefficient (Wildman–Crippen LogP) is 7.10. The van der Waals surface area contributed by atoms with Gasteiger partial charge in [-0.25, -0.2) is 18.7 Å². The largest absolute Gasteiger partial charge is 0.486 e. The minimum atomic E-state index is -1.06. The third-order valence-corrected chi connectivity index (χ3v) is 5.05. The van der Waals surface area contributed by atoms with Gasteiger partial charge in [0.1, 0.15) is 12.4 Å². The molecule has 4 rings (SSSR count). The smallest absolute Gasteiger partial charge is 0.201 e. The molecule has 1 aromatic heterocycles. The monoisotopic (exact) mass is 444 g/mol. The summed E-state index contributed by atoms with van der Waals surface area (Å²) in [4.78, 5) is 8.33. The summed E-state index contributed by atoms with van der Waals surface area (Å²) < 4.78 is 48.7. The molecule has 0 fully saturated rings. The normalized spacial score (nSPS) is 10.6. The fourth-order valence-electron chi connectivity index (χ4n) is 3.32. The maximum absolute atomic E-state index is 14.8. The molecule has 1 heterocycles. The second-order valence-corrected chi connectivity index (χ2v) is 7.16. The molecule has 3 nitrogen and oxygen atoms in total. The van der Waals surface area contributed by atoms with Gasteiger partial charge in [-0.05, 0) is 41.0 Å². The maximum Gasteiger partial charge on any atom is 0.201 e. The molecule has 0 aliphatic heterocycles. The van der Waals surface area contributed by atoms with Crippen molar-refractivity contribution in [3.8, 4) is 39.4 Å². The van der Waals surface area contributed by atoms with Gasteiger partial charge in [-0.3, -0.25) is 0 Å². The van der Waals surface area contributed by atoms with Gasteiger partial charge in [-0.2, -0.15) is 4.39 Å². The molecule has 6 heteroatoms. The van der Waals surface area contributed by atoms with E-state index in [0.29, 0.717) is 11.1 Å². The van der Waals surface area contributed by atoms with Crippen molar-refractivity contribution >= 4 is 6.08 Å². The number of aromatic nitrogens is 2. The second kappa shape index (κ2) is 9.53. The van der Waals surface area contributed by atoms with Crippen molar-refractivity contribution in [3.05, 3.63) is 109 Å². The molecule has 0 radical (unpaired) electrons. The van der Waals surface area contributed by atoms with E-state index >= 15 is 0 Å². The standard InChI is InChI=1S/C27H19F3N2O/c1-3-13-33-24-12-11-21(25(29)26(24)30)19-7-5-18(6-8-19)20-9-10-22(23(28)14-20)27-31-15-17(4-2)16-32-27/h3-12,14-16H,1-2,13H2. The lowest BCUT2D eigenvalue weighted by molar-refractivity contribution is 0.333. The summed E-state index contributed by atoms with van der Waals surface area (Å²) in [6.45, 7) is 7.20. The van der Waals surface area contributed by atoms with Crippen LogP contribution in [0.4, 0.5) is 13.2 Å². The third-order valence-electron chi connectivity index (χ3n) is 5.05. The van der Waals surface area contributed by atoms with E-state index in [4.69, 9.17) is 4.74 Å². The van der Waals surface area contributed by atoms with Gasteiger partial charge < -0.3 is 4.74 Å². The molecule has 0 unspecified atom stereocenters. The van der Waals surface area contributed by atoms with Gasteiger partial charge in [0.05, 0.1) is 5.56 Å². The van der Waals surface area contributed by atoms with Crippen LogP contribution in [-0.4, -0.2) is 16.6 Å². The van der Waals surface area contributed by atoms with Gasteiger partial charge in [0.2, 0.25) is 5.82 Å². The Labute approximate surface area is 189 Å². The maximum atomic E-state index is 14.8. The van der Waals surface area contributed by atoms with Gasteiger partial charge in [0.25, 0.3) is 0 Å². The van der Waals surface area contributed by atoms with Crippen LogP contribution in [0.15, 0.2) is 86.2 Å². The first kappa shape index (κ1) is 22.0. The molecule has 3 aromatic carbocycles. The van der Waals surface area contributed by atoms with Crippen LogP contribution >= 0.6 is 0 Å². The van der Waals surface area contributed by atoms with Crippen molar-refractivity contribution in [2.24, 2.45) is 0 Å². The predicted molar refractivity (Wildman–Crippen MR) is 124 cm³/mol. The zero-order chi connectivity index (χ0) is 23.4. The van der Waals surface area contributed by atoms with E-state index in [2.05, 4.69) is 23.1 Å². The minimum absolute atomic E-state index is 0.0754. The molecule has 0 saturated carbocycles. The van der Waals surface area contributed by atoms with Crippen LogP contribution in [0.25, 0.3) is 39.7 Å². The lowest BCUT2D eigenvalue weighted by Gasteiger charge is -2.10. The SMILES string of the molecule is C=CCOc1ccc(-c2ccc(-c3ccc(-c4ncc(C=C)cn4)c(F)c3)cc2)c(F)c1F. The Morgan fingerprint density at radius 3 is 2.03 bits per heavy atom. The molecule has 0 amide bonds. The summed E-state index contributed by atoms with van der Waals surface area (Å²) in [7, 11) is 0. The lowest BCUT2D eigenvalue weighted by atomic mass is 9.98. The molecule has 164 valence electrons. The molecule has 0 saturated heterocycles. The number of nitrogens with zero attached hydrogens (tertiary/aromatic N) is 2. The summed E-state index contributed by atoms with van der Waals surface area (Å²) in [5.74, 6) is -2.42. The van der Waals surface area contributed by atoms with Gasteiger partial charge in [0.15, 0.2) is 17.4 Å². The molecule has 0 aliphatic carbocycles. The number of rotatable bonds is 7. The van der Waals surface area contributed by atoms with Gasteiger partial charge >= 0.3 is 0 Å². The highest BCUT2D eigenvalue weighted by atomic mass is 19.2. The lowest BCUT2D eigenvalue weighted by Crippen LogP contribution is -1.99. The van der Waals surface area contributed by atoms with Crippen molar-refractivity contribution in [2.45, 2.75) is 0 Å². The first-order chi connectivity index (χ1) is 16.0. The topological polar surface area (TPSA) is 35.0 Å². The van der Waals surface area contributed by atoms with Crippen LogP contribution in [0.3, 0.4) is 0 Å². The summed E-state index contributed by atoms with van der Waals surface area (Å²) in [5, 5.41) is 0. The highest BCUT2D eigenvalue weighted by Crippen LogP contribution is 2.32. The quantitative estimate of drug-likeness (QED) is 0.285. The number of hydrogen-bond donors (Lipinski definition) is 0. The van der Waals surface area contributed by atoms with Gasteiger partial charge in [-0.1, -0.05) is 55.6 Å². The highest BCUT2D eigenvalue weighted by Gasteiger charge is 2.16. The van der Waals surface area contributed by atoms with E-state index in [0.717, 1.165) is 11.1 Å². The molecule has 4 aromatic rings. The Balaban J connectivity index is 1.59. The number of ether oxygens (including phenoxy) is 1. The first-order valence-electron chi connectivity index (χ1n) is 10.1. The fourth-order valence-corrected chi connectivity index (χ4v) is 3.32. The Kier molecular flexibility index (Phi) is 6.36. The minimum Gasteiger partial charge on any atom is -0.486 e. The third kappa shape index (κ3) is 4.55. The molecule has 0 N–H and O–H groups in total. The van der Waals surface area contributed by atoms with Crippen LogP contribution in [0.2, 0.25) is 0 Å². The van der Waals surface area contributed by atoms with Crippen molar-refractivity contribution in [1.29, 1.82) is 0 Å². The average Bonchev–Trinajstić information content (AvgIpc) is 2.85. The molecule has 0 spiro atoms. The number of halogens is 3.